The summed E-state index contributed by atoms with van der Waals surface area (Å²) in [6.45, 7) is 4.02. The molecule has 1 unspecified atom stereocenters. The number of allylic oxidation sites excluding steroid dienone is 4. The van der Waals surface area contributed by atoms with Gasteiger partial charge >= 0.3 is 0 Å². The molecule has 0 spiro atoms. The molecule has 4 aromatic heterocycles. The van der Waals surface area contributed by atoms with Crippen LogP contribution in [0.2, 0.25) is 0 Å². The Kier molecular flexibility index (Phi) is 9.39. The maximum absolute atomic E-state index is 5.04. The summed E-state index contributed by atoms with van der Waals surface area (Å²) in [4.78, 5) is 33.5. The second kappa shape index (κ2) is 15.2. The highest BCUT2D eigenvalue weighted by Crippen LogP contribution is 2.32. The molecule has 0 fully saturated rings. The Hall–Kier alpha value is -7.25. The first-order valence-electron chi connectivity index (χ1n) is 18.7. The Bertz CT molecular complexity index is 2520. The SMILES string of the molecule is Cc1cc(C)nc(C2C=CC(c3nc(-c4ccc(-c5ccc(-c6ccccn6)cc5)cc4)nc(-c4ccc(-c5ccc(-c6ccccn6)cc5)cc4)n3)=CC2)n1. The van der Waals surface area contributed by atoms with Crippen LogP contribution >= 0.6 is 0 Å². The molecule has 1 aliphatic carbocycles. The lowest BCUT2D eigenvalue weighted by atomic mass is 9.95. The van der Waals surface area contributed by atoms with E-state index in [9.17, 15) is 0 Å². The van der Waals surface area contributed by atoms with Crippen molar-refractivity contribution in [2.45, 2.75) is 26.2 Å². The van der Waals surface area contributed by atoms with E-state index < -0.39 is 0 Å². The molecule has 0 bridgehead atoms. The molecule has 1 atom stereocenters. The van der Waals surface area contributed by atoms with Crippen molar-refractivity contribution in [1.82, 2.24) is 34.9 Å². The topological polar surface area (TPSA) is 90.2 Å². The number of aryl methyl sites for hydroxylation is 2. The zero-order valence-electron chi connectivity index (χ0n) is 31.1. The van der Waals surface area contributed by atoms with Crippen molar-refractivity contribution in [2.75, 3.05) is 0 Å². The minimum atomic E-state index is 0.0919. The fourth-order valence-corrected chi connectivity index (χ4v) is 7.02. The van der Waals surface area contributed by atoms with E-state index in [0.29, 0.717) is 17.5 Å². The largest absolute Gasteiger partial charge is 0.256 e. The third-order valence-electron chi connectivity index (χ3n) is 9.97. The van der Waals surface area contributed by atoms with Crippen LogP contribution in [0.5, 0.6) is 0 Å². The van der Waals surface area contributed by atoms with Crippen LogP contribution in [0.15, 0.2) is 170 Å². The molecule has 1 aliphatic rings. The van der Waals surface area contributed by atoms with Crippen LogP contribution in [0, 0.1) is 13.8 Å². The Morgan fingerprint density at radius 1 is 0.429 bits per heavy atom. The molecular weight excluding hydrogens is 687 g/mol. The van der Waals surface area contributed by atoms with Gasteiger partial charge in [-0.15, -0.1) is 0 Å². The van der Waals surface area contributed by atoms with E-state index in [1.165, 1.54) is 0 Å². The molecule has 4 aromatic carbocycles. The van der Waals surface area contributed by atoms with E-state index >= 15 is 0 Å². The predicted molar refractivity (Wildman–Crippen MR) is 224 cm³/mol. The number of nitrogens with zero attached hydrogens (tertiary/aromatic N) is 7. The zero-order chi connectivity index (χ0) is 37.8. The lowest BCUT2D eigenvalue weighted by molar-refractivity contribution is 0.758. The fraction of sp³-hybridized carbons (Fsp3) is 0.0816. The van der Waals surface area contributed by atoms with Crippen molar-refractivity contribution in [3.8, 4) is 67.5 Å². The highest BCUT2D eigenvalue weighted by molar-refractivity contribution is 5.76. The van der Waals surface area contributed by atoms with Gasteiger partial charge in [0.1, 0.15) is 5.82 Å². The van der Waals surface area contributed by atoms with Crippen LogP contribution in [0.25, 0.3) is 73.1 Å². The average molecular weight is 724 g/mol. The molecule has 4 heterocycles. The second-order valence-corrected chi connectivity index (χ2v) is 13.9. The van der Waals surface area contributed by atoms with Gasteiger partial charge in [-0.3, -0.25) is 9.97 Å². The molecule has 268 valence electrons. The number of hydrogen-bond acceptors (Lipinski definition) is 7. The van der Waals surface area contributed by atoms with Gasteiger partial charge in [0, 0.05) is 57.5 Å². The summed E-state index contributed by atoms with van der Waals surface area (Å²) in [5, 5.41) is 0. The molecule has 0 radical (unpaired) electrons. The van der Waals surface area contributed by atoms with Gasteiger partial charge in [-0.25, -0.2) is 24.9 Å². The van der Waals surface area contributed by atoms with Gasteiger partial charge in [0.05, 0.1) is 11.4 Å². The Balaban J connectivity index is 1.02. The molecule has 7 heteroatoms. The molecule has 0 saturated carbocycles. The molecule has 0 N–H and O–H groups in total. The van der Waals surface area contributed by atoms with Gasteiger partial charge in [-0.1, -0.05) is 127 Å². The summed E-state index contributed by atoms with van der Waals surface area (Å²) in [5.74, 6) is 2.79. The number of pyridine rings is 2. The molecular formula is C49H37N7. The first-order chi connectivity index (χ1) is 27.5. The van der Waals surface area contributed by atoms with E-state index in [1.807, 2.05) is 68.7 Å². The van der Waals surface area contributed by atoms with Crippen molar-refractivity contribution in [3.63, 3.8) is 0 Å². The fourth-order valence-electron chi connectivity index (χ4n) is 7.02. The van der Waals surface area contributed by atoms with Crippen molar-refractivity contribution in [1.29, 1.82) is 0 Å². The van der Waals surface area contributed by atoms with Gasteiger partial charge in [-0.05, 0) is 72.9 Å². The highest BCUT2D eigenvalue weighted by Gasteiger charge is 2.19. The van der Waals surface area contributed by atoms with Gasteiger partial charge < -0.3 is 0 Å². The summed E-state index contributed by atoms with van der Waals surface area (Å²) in [6, 6.07) is 47.7. The normalized spacial score (nSPS) is 13.7. The quantitative estimate of drug-likeness (QED) is 0.154. The summed E-state index contributed by atoms with van der Waals surface area (Å²) in [7, 11) is 0. The Morgan fingerprint density at radius 2 is 0.839 bits per heavy atom. The number of aromatic nitrogens is 7. The third-order valence-corrected chi connectivity index (χ3v) is 9.97. The van der Waals surface area contributed by atoms with Crippen molar-refractivity contribution >= 4 is 5.57 Å². The summed E-state index contributed by atoms with van der Waals surface area (Å²) < 4.78 is 0. The van der Waals surface area contributed by atoms with Crippen molar-refractivity contribution < 1.29 is 0 Å². The van der Waals surface area contributed by atoms with Gasteiger partial charge in [0.25, 0.3) is 0 Å². The maximum Gasteiger partial charge on any atom is 0.164 e. The smallest absolute Gasteiger partial charge is 0.164 e. The van der Waals surface area contributed by atoms with Crippen LogP contribution in [0.1, 0.15) is 35.4 Å². The minimum absolute atomic E-state index is 0.0919. The maximum atomic E-state index is 5.04. The van der Waals surface area contributed by atoms with E-state index in [2.05, 4.69) is 125 Å². The minimum Gasteiger partial charge on any atom is -0.256 e. The standard InChI is InChI=1S/C49H37N7/c1-32-31-33(2)53-46(52-32)40-25-27-43(28-26-40)49-55-47(41-21-13-36(14-22-41)34-9-17-38(18-10-34)44-7-3-5-29-50-44)54-48(56-49)42-23-15-37(16-24-42)35-11-19-39(20-12-35)45-8-4-6-30-51-45/h3-25,27-31,40H,26H2,1-2H3. The lowest BCUT2D eigenvalue weighted by Gasteiger charge is -2.16. The second-order valence-electron chi connectivity index (χ2n) is 13.9. The van der Waals surface area contributed by atoms with E-state index in [1.54, 1.807) is 0 Å². The third kappa shape index (κ3) is 7.43. The van der Waals surface area contributed by atoms with Gasteiger partial charge in [0.15, 0.2) is 17.5 Å². The predicted octanol–water partition coefficient (Wildman–Crippen LogP) is 11.2. The van der Waals surface area contributed by atoms with Crippen molar-refractivity contribution in [2.24, 2.45) is 0 Å². The van der Waals surface area contributed by atoms with E-state index in [4.69, 9.17) is 24.9 Å². The molecule has 0 saturated heterocycles. The molecule has 56 heavy (non-hydrogen) atoms. The molecule has 8 aromatic rings. The Morgan fingerprint density at radius 3 is 1.23 bits per heavy atom. The van der Waals surface area contributed by atoms with Crippen molar-refractivity contribution in [3.05, 3.63) is 193 Å². The Labute approximate surface area is 326 Å². The first-order valence-corrected chi connectivity index (χ1v) is 18.7. The monoisotopic (exact) mass is 723 g/mol. The zero-order valence-corrected chi connectivity index (χ0v) is 31.1. The van der Waals surface area contributed by atoms with E-state index in [-0.39, 0.29) is 5.92 Å². The van der Waals surface area contributed by atoms with Crippen LogP contribution < -0.4 is 0 Å². The van der Waals surface area contributed by atoms with Crippen LogP contribution in [0.4, 0.5) is 0 Å². The highest BCUT2D eigenvalue weighted by atomic mass is 15.0. The van der Waals surface area contributed by atoms with Crippen LogP contribution in [-0.4, -0.2) is 34.9 Å². The molecule has 0 aliphatic heterocycles. The number of benzene rings is 4. The molecule has 0 amide bonds. The van der Waals surface area contributed by atoms with E-state index in [0.717, 1.165) is 85.1 Å². The van der Waals surface area contributed by atoms with Crippen LogP contribution in [-0.2, 0) is 0 Å². The summed E-state index contributed by atoms with van der Waals surface area (Å²) >= 11 is 0. The molecule has 9 rings (SSSR count). The first kappa shape index (κ1) is 34.5. The lowest BCUT2D eigenvalue weighted by Crippen LogP contribution is -2.08. The number of hydrogen-bond donors (Lipinski definition) is 0. The van der Waals surface area contributed by atoms with Gasteiger partial charge in [0.2, 0.25) is 0 Å². The summed E-state index contributed by atoms with van der Waals surface area (Å²) in [5.41, 5.74) is 13.3. The van der Waals surface area contributed by atoms with Crippen LogP contribution in [0.3, 0.4) is 0 Å². The molecule has 7 nitrogen and oxygen atoms in total. The average Bonchev–Trinajstić information content (AvgIpc) is 3.27. The number of rotatable bonds is 8. The van der Waals surface area contributed by atoms with Gasteiger partial charge in [-0.2, -0.15) is 0 Å². The summed E-state index contributed by atoms with van der Waals surface area (Å²) in [6.07, 6.45) is 10.8.